The predicted octanol–water partition coefficient (Wildman–Crippen LogP) is 1.59. The van der Waals surface area contributed by atoms with E-state index in [9.17, 15) is 4.79 Å². The normalized spacial score (nSPS) is 10.5. The number of ether oxygens (including phenoxy) is 2. The van der Waals surface area contributed by atoms with Crippen LogP contribution in [0.4, 0.5) is 0 Å². The van der Waals surface area contributed by atoms with Gasteiger partial charge in [0.05, 0.1) is 19.7 Å². The van der Waals surface area contributed by atoms with Gasteiger partial charge in [0.1, 0.15) is 5.69 Å². The number of primary amides is 1. The molecule has 5 nitrogen and oxygen atoms in total. The number of H-pyrrole nitrogens is 1. The SMILES string of the molecule is COc1cc2[nH]c(C(N)=O)c(C)c2cc1OC. The van der Waals surface area contributed by atoms with Crippen LogP contribution in [0.25, 0.3) is 10.9 Å². The number of rotatable bonds is 3. The maximum absolute atomic E-state index is 11.2. The van der Waals surface area contributed by atoms with Gasteiger partial charge in [-0.25, -0.2) is 0 Å². The van der Waals surface area contributed by atoms with Crippen LogP contribution in [0.3, 0.4) is 0 Å². The minimum absolute atomic E-state index is 0.412. The minimum atomic E-state index is -0.475. The van der Waals surface area contributed by atoms with Crippen molar-refractivity contribution in [1.29, 1.82) is 0 Å². The molecule has 0 saturated heterocycles. The van der Waals surface area contributed by atoms with Crippen LogP contribution >= 0.6 is 0 Å². The van der Waals surface area contributed by atoms with Crippen molar-refractivity contribution in [3.8, 4) is 11.5 Å². The van der Waals surface area contributed by atoms with Gasteiger partial charge in [0, 0.05) is 11.5 Å². The molecule has 1 amide bonds. The summed E-state index contributed by atoms with van der Waals surface area (Å²) in [6.45, 7) is 1.84. The number of amides is 1. The molecule has 0 fully saturated rings. The fourth-order valence-corrected chi connectivity index (χ4v) is 1.90. The summed E-state index contributed by atoms with van der Waals surface area (Å²) in [7, 11) is 3.13. The van der Waals surface area contributed by atoms with Gasteiger partial charge in [0.15, 0.2) is 11.5 Å². The summed E-state index contributed by atoms with van der Waals surface area (Å²) < 4.78 is 10.4. The van der Waals surface area contributed by atoms with Crippen LogP contribution < -0.4 is 15.2 Å². The van der Waals surface area contributed by atoms with Crippen LogP contribution in [0.5, 0.6) is 11.5 Å². The Bertz CT molecular complexity index is 587. The Labute approximate surface area is 98.5 Å². The maximum Gasteiger partial charge on any atom is 0.265 e. The number of methoxy groups -OCH3 is 2. The molecule has 1 heterocycles. The minimum Gasteiger partial charge on any atom is -0.493 e. The van der Waals surface area contributed by atoms with Crippen molar-refractivity contribution >= 4 is 16.8 Å². The summed E-state index contributed by atoms with van der Waals surface area (Å²) in [6, 6.07) is 3.61. The van der Waals surface area contributed by atoms with E-state index in [4.69, 9.17) is 15.2 Å². The highest BCUT2D eigenvalue weighted by molar-refractivity contribution is 6.00. The number of benzene rings is 1. The fraction of sp³-hybridized carbons (Fsp3) is 0.250. The molecule has 0 aliphatic rings. The monoisotopic (exact) mass is 234 g/mol. The molecular formula is C12H14N2O3. The summed E-state index contributed by atoms with van der Waals surface area (Å²) in [4.78, 5) is 14.2. The van der Waals surface area contributed by atoms with Gasteiger partial charge in [-0.1, -0.05) is 0 Å². The van der Waals surface area contributed by atoms with Crippen LogP contribution in [0.15, 0.2) is 12.1 Å². The van der Waals surface area contributed by atoms with Crippen LogP contribution in [0, 0.1) is 6.92 Å². The molecule has 0 bridgehead atoms. The molecule has 5 heteroatoms. The van der Waals surface area contributed by atoms with E-state index in [0.717, 1.165) is 16.5 Å². The second-order valence-electron chi connectivity index (χ2n) is 3.74. The Hall–Kier alpha value is -2.17. The third-order valence-corrected chi connectivity index (χ3v) is 2.81. The first-order chi connectivity index (χ1) is 8.08. The second kappa shape index (κ2) is 4.01. The Balaban J connectivity index is 2.75. The van der Waals surface area contributed by atoms with Gasteiger partial charge in [0.2, 0.25) is 0 Å². The summed E-state index contributed by atoms with van der Waals surface area (Å²) in [5, 5.41) is 0.899. The predicted molar refractivity (Wildman–Crippen MR) is 64.7 cm³/mol. The maximum atomic E-state index is 11.2. The molecule has 2 aromatic rings. The van der Waals surface area contributed by atoms with E-state index in [2.05, 4.69) is 4.98 Å². The first-order valence-corrected chi connectivity index (χ1v) is 5.12. The van der Waals surface area contributed by atoms with E-state index in [1.165, 1.54) is 0 Å². The second-order valence-corrected chi connectivity index (χ2v) is 3.74. The first-order valence-electron chi connectivity index (χ1n) is 5.12. The quantitative estimate of drug-likeness (QED) is 0.846. The number of carbonyl (C=O) groups is 1. The van der Waals surface area contributed by atoms with E-state index < -0.39 is 5.91 Å². The zero-order chi connectivity index (χ0) is 12.6. The lowest BCUT2D eigenvalue weighted by atomic mass is 10.1. The largest absolute Gasteiger partial charge is 0.493 e. The molecule has 2 rings (SSSR count). The zero-order valence-electron chi connectivity index (χ0n) is 9.96. The van der Waals surface area contributed by atoms with Crippen molar-refractivity contribution in [2.45, 2.75) is 6.92 Å². The van der Waals surface area contributed by atoms with E-state index in [0.29, 0.717) is 17.2 Å². The van der Waals surface area contributed by atoms with E-state index in [1.807, 2.05) is 13.0 Å². The number of hydrogen-bond acceptors (Lipinski definition) is 3. The number of aromatic amines is 1. The van der Waals surface area contributed by atoms with Crippen molar-refractivity contribution in [3.63, 3.8) is 0 Å². The standard InChI is InChI=1S/C12H14N2O3/c1-6-7-4-9(16-2)10(17-3)5-8(7)14-11(6)12(13)15/h4-5,14H,1-3H3,(H2,13,15). The van der Waals surface area contributed by atoms with Crippen LogP contribution in [0.2, 0.25) is 0 Å². The smallest absolute Gasteiger partial charge is 0.265 e. The Kier molecular flexibility index (Phi) is 2.67. The highest BCUT2D eigenvalue weighted by Gasteiger charge is 2.15. The number of fused-ring (bicyclic) bond motifs is 1. The highest BCUT2D eigenvalue weighted by atomic mass is 16.5. The lowest BCUT2D eigenvalue weighted by molar-refractivity contribution is 0.0996. The van der Waals surface area contributed by atoms with Gasteiger partial charge in [-0.15, -0.1) is 0 Å². The topological polar surface area (TPSA) is 77.3 Å². The van der Waals surface area contributed by atoms with E-state index >= 15 is 0 Å². The van der Waals surface area contributed by atoms with Crippen molar-refractivity contribution in [3.05, 3.63) is 23.4 Å². The van der Waals surface area contributed by atoms with E-state index in [-0.39, 0.29) is 0 Å². The van der Waals surface area contributed by atoms with Crippen molar-refractivity contribution < 1.29 is 14.3 Å². The van der Waals surface area contributed by atoms with Gasteiger partial charge in [-0.05, 0) is 18.6 Å². The number of aromatic nitrogens is 1. The number of carbonyl (C=O) groups excluding carboxylic acids is 1. The zero-order valence-corrected chi connectivity index (χ0v) is 9.96. The fourth-order valence-electron chi connectivity index (χ4n) is 1.90. The molecule has 3 N–H and O–H groups in total. The highest BCUT2D eigenvalue weighted by Crippen LogP contribution is 2.34. The molecule has 0 aliphatic heterocycles. The van der Waals surface area contributed by atoms with Crippen LogP contribution in [0.1, 0.15) is 16.1 Å². The molecule has 0 radical (unpaired) electrons. The molecule has 1 aromatic heterocycles. The lowest BCUT2D eigenvalue weighted by Gasteiger charge is -2.07. The average Bonchev–Trinajstić information content (AvgIpc) is 2.64. The number of nitrogens with one attached hydrogen (secondary N) is 1. The molecule has 0 aliphatic carbocycles. The Morgan fingerprint density at radius 1 is 1.24 bits per heavy atom. The molecule has 0 saturated carbocycles. The number of aryl methyl sites for hydroxylation is 1. The molecule has 0 spiro atoms. The molecule has 17 heavy (non-hydrogen) atoms. The third-order valence-electron chi connectivity index (χ3n) is 2.81. The molecule has 0 atom stereocenters. The van der Waals surface area contributed by atoms with E-state index in [1.54, 1.807) is 20.3 Å². The van der Waals surface area contributed by atoms with Crippen molar-refractivity contribution in [1.82, 2.24) is 4.98 Å². The lowest BCUT2D eigenvalue weighted by Crippen LogP contribution is -2.12. The van der Waals surface area contributed by atoms with Crippen LogP contribution in [-0.4, -0.2) is 25.1 Å². The van der Waals surface area contributed by atoms with Gasteiger partial charge >= 0.3 is 0 Å². The summed E-state index contributed by atoms with van der Waals surface area (Å²) >= 11 is 0. The van der Waals surface area contributed by atoms with Gasteiger partial charge in [0.25, 0.3) is 5.91 Å². The van der Waals surface area contributed by atoms with Crippen LogP contribution in [-0.2, 0) is 0 Å². The average molecular weight is 234 g/mol. The first kappa shape index (κ1) is 11.3. The molecular weight excluding hydrogens is 220 g/mol. The summed E-state index contributed by atoms with van der Waals surface area (Å²) in [5.41, 5.74) is 7.31. The van der Waals surface area contributed by atoms with Gasteiger partial charge < -0.3 is 20.2 Å². The Morgan fingerprint density at radius 3 is 2.35 bits per heavy atom. The molecule has 90 valence electrons. The molecule has 0 unspecified atom stereocenters. The van der Waals surface area contributed by atoms with Crippen molar-refractivity contribution in [2.24, 2.45) is 5.73 Å². The van der Waals surface area contributed by atoms with Gasteiger partial charge in [-0.3, -0.25) is 4.79 Å². The van der Waals surface area contributed by atoms with Crippen molar-refractivity contribution in [2.75, 3.05) is 14.2 Å². The third kappa shape index (κ3) is 1.69. The molecule has 1 aromatic carbocycles. The number of hydrogen-bond donors (Lipinski definition) is 2. The summed E-state index contributed by atoms with van der Waals surface area (Å²) in [6.07, 6.45) is 0. The number of nitrogens with two attached hydrogens (primary N) is 1. The van der Waals surface area contributed by atoms with Gasteiger partial charge in [-0.2, -0.15) is 0 Å². The Morgan fingerprint density at radius 2 is 1.82 bits per heavy atom. The summed E-state index contributed by atoms with van der Waals surface area (Å²) in [5.74, 6) is 0.757.